The van der Waals surface area contributed by atoms with E-state index >= 15 is 0 Å². The fourth-order valence-electron chi connectivity index (χ4n) is 1.99. The fraction of sp³-hybridized carbons (Fsp3) is 0.0769. The van der Waals surface area contributed by atoms with Crippen LogP contribution in [0.15, 0.2) is 36.7 Å². The number of fused-ring (bicyclic) bond motifs is 1. The van der Waals surface area contributed by atoms with Gasteiger partial charge in [0.25, 0.3) is 6.43 Å². The van der Waals surface area contributed by atoms with Crippen LogP contribution in [0.3, 0.4) is 0 Å². The minimum absolute atomic E-state index is 0.284. The van der Waals surface area contributed by atoms with E-state index in [-0.39, 0.29) is 5.69 Å². The molecule has 0 aliphatic heterocycles. The molecule has 0 atom stereocenters. The number of hydrogen-bond donors (Lipinski definition) is 0. The van der Waals surface area contributed by atoms with E-state index in [0.717, 1.165) is 0 Å². The Morgan fingerprint density at radius 3 is 2.60 bits per heavy atom. The van der Waals surface area contributed by atoms with Gasteiger partial charge in [-0.2, -0.15) is 0 Å². The van der Waals surface area contributed by atoms with Gasteiger partial charge < -0.3 is 0 Å². The van der Waals surface area contributed by atoms with Crippen molar-refractivity contribution in [2.45, 2.75) is 6.43 Å². The maximum atomic E-state index is 12.7. The first-order valence-corrected chi connectivity index (χ1v) is 6.39. The molecule has 3 rings (SSSR count). The van der Waals surface area contributed by atoms with Crippen LogP contribution in [0.5, 0.6) is 0 Å². The molecular weight excluding hydrogens is 307 g/mol. The number of nitrogens with zero attached hydrogens (tertiary/aromatic N) is 3. The van der Waals surface area contributed by atoms with Crippen LogP contribution in [0.4, 0.5) is 8.78 Å². The third-order valence-corrected chi connectivity index (χ3v) is 3.44. The van der Waals surface area contributed by atoms with E-state index in [0.29, 0.717) is 27.1 Å². The van der Waals surface area contributed by atoms with Crippen LogP contribution in [0, 0.1) is 0 Å². The molecule has 0 amide bonds. The monoisotopic (exact) mass is 313 g/mol. The van der Waals surface area contributed by atoms with Crippen molar-refractivity contribution in [1.82, 2.24) is 14.4 Å². The third kappa shape index (κ3) is 2.13. The summed E-state index contributed by atoms with van der Waals surface area (Å²) < 4.78 is 27.0. The number of halogens is 4. The summed E-state index contributed by atoms with van der Waals surface area (Å²) in [4.78, 5) is 7.81. The van der Waals surface area contributed by atoms with Crippen LogP contribution < -0.4 is 0 Å². The highest BCUT2D eigenvalue weighted by molar-refractivity contribution is 6.33. The Labute approximate surface area is 122 Å². The van der Waals surface area contributed by atoms with Gasteiger partial charge in [0, 0.05) is 11.8 Å². The van der Waals surface area contributed by atoms with Crippen LogP contribution in [-0.4, -0.2) is 14.4 Å². The summed E-state index contributed by atoms with van der Waals surface area (Å²) in [6, 6.07) is 6.32. The third-order valence-electron chi connectivity index (χ3n) is 2.88. The van der Waals surface area contributed by atoms with Gasteiger partial charge in [0.15, 0.2) is 0 Å². The second-order valence-corrected chi connectivity index (χ2v) is 4.85. The van der Waals surface area contributed by atoms with Gasteiger partial charge in [0.2, 0.25) is 0 Å². The molecule has 0 N–H and O–H groups in total. The summed E-state index contributed by atoms with van der Waals surface area (Å²) in [5.41, 5.74) is 1.46. The molecule has 0 spiro atoms. The lowest BCUT2D eigenvalue weighted by atomic mass is 10.1. The Kier molecular flexibility index (Phi) is 3.31. The van der Waals surface area contributed by atoms with Gasteiger partial charge in [-0.15, -0.1) is 0 Å². The van der Waals surface area contributed by atoms with E-state index in [1.165, 1.54) is 18.5 Å². The maximum absolute atomic E-state index is 12.7. The van der Waals surface area contributed by atoms with Crippen molar-refractivity contribution in [3.05, 3.63) is 52.7 Å². The molecule has 0 radical (unpaired) electrons. The van der Waals surface area contributed by atoms with E-state index in [4.69, 9.17) is 23.2 Å². The molecule has 0 saturated carbocycles. The molecule has 0 fully saturated rings. The van der Waals surface area contributed by atoms with Gasteiger partial charge in [0.05, 0.1) is 6.20 Å². The summed E-state index contributed by atoms with van der Waals surface area (Å²) >= 11 is 12.1. The SMILES string of the molecule is FC(F)c1cc(-c2ccc(Cl)n3c(Cl)cnc23)ccn1. The number of aromatic nitrogens is 3. The normalized spacial score (nSPS) is 11.4. The zero-order chi connectivity index (χ0) is 14.3. The second kappa shape index (κ2) is 5.00. The topological polar surface area (TPSA) is 30.2 Å². The predicted molar refractivity (Wildman–Crippen MR) is 73.4 cm³/mol. The average molecular weight is 314 g/mol. The molecule has 0 aliphatic rings. The van der Waals surface area contributed by atoms with Crippen molar-refractivity contribution in [1.29, 1.82) is 0 Å². The van der Waals surface area contributed by atoms with Crippen LogP contribution in [0.2, 0.25) is 10.3 Å². The Balaban J connectivity index is 2.25. The molecule has 0 aromatic carbocycles. The van der Waals surface area contributed by atoms with Crippen LogP contribution in [0.1, 0.15) is 12.1 Å². The van der Waals surface area contributed by atoms with Gasteiger partial charge in [-0.3, -0.25) is 9.38 Å². The lowest BCUT2D eigenvalue weighted by molar-refractivity contribution is 0.146. The van der Waals surface area contributed by atoms with Crippen LogP contribution >= 0.6 is 23.2 Å². The first-order chi connectivity index (χ1) is 9.58. The highest BCUT2D eigenvalue weighted by Crippen LogP contribution is 2.30. The molecule has 20 heavy (non-hydrogen) atoms. The Hall–Kier alpha value is -1.72. The standard InChI is InChI=1S/C13H7Cl2F2N3/c14-10-2-1-8(13-19-6-11(15)20(10)13)7-3-4-18-9(5-7)12(16)17/h1-6,12H. The molecule has 7 heteroatoms. The van der Waals surface area contributed by atoms with E-state index in [9.17, 15) is 8.78 Å². The number of pyridine rings is 2. The molecule has 3 aromatic rings. The zero-order valence-corrected chi connectivity index (χ0v) is 11.4. The number of rotatable bonds is 2. The molecule has 0 bridgehead atoms. The lowest BCUT2D eigenvalue weighted by Gasteiger charge is -2.07. The number of imidazole rings is 1. The summed E-state index contributed by atoms with van der Waals surface area (Å²) in [6.45, 7) is 0. The van der Waals surface area contributed by atoms with Crippen LogP contribution in [0.25, 0.3) is 16.8 Å². The number of hydrogen-bond acceptors (Lipinski definition) is 2. The quantitative estimate of drug-likeness (QED) is 0.645. The lowest BCUT2D eigenvalue weighted by Crippen LogP contribution is -1.93. The largest absolute Gasteiger partial charge is 0.280 e. The minimum atomic E-state index is -2.62. The van der Waals surface area contributed by atoms with Gasteiger partial charge in [-0.25, -0.2) is 13.8 Å². The average Bonchev–Trinajstić information content (AvgIpc) is 2.82. The number of alkyl halides is 2. The molecule has 0 unspecified atom stereocenters. The molecule has 0 saturated heterocycles. The Bertz CT molecular complexity index is 786. The maximum Gasteiger partial charge on any atom is 0.280 e. The predicted octanol–water partition coefficient (Wildman–Crippen LogP) is 4.64. The van der Waals surface area contributed by atoms with Crippen molar-refractivity contribution in [2.24, 2.45) is 0 Å². The summed E-state index contributed by atoms with van der Waals surface area (Å²) in [5.74, 6) is 0. The Morgan fingerprint density at radius 1 is 1.05 bits per heavy atom. The molecular formula is C13H7Cl2F2N3. The molecule has 0 aliphatic carbocycles. The summed E-state index contributed by atoms with van der Waals surface area (Å²) in [6.07, 6.45) is 0.176. The molecule has 3 nitrogen and oxygen atoms in total. The van der Waals surface area contributed by atoms with Crippen molar-refractivity contribution in [2.75, 3.05) is 0 Å². The van der Waals surface area contributed by atoms with Gasteiger partial charge >= 0.3 is 0 Å². The highest BCUT2D eigenvalue weighted by atomic mass is 35.5. The zero-order valence-electron chi connectivity index (χ0n) is 9.89. The summed E-state index contributed by atoms with van der Waals surface area (Å²) in [7, 11) is 0. The van der Waals surface area contributed by atoms with Crippen molar-refractivity contribution >= 4 is 28.8 Å². The molecule has 102 valence electrons. The first-order valence-electron chi connectivity index (χ1n) is 5.64. The van der Waals surface area contributed by atoms with Gasteiger partial charge in [-0.05, 0) is 29.8 Å². The smallest absolute Gasteiger partial charge is 0.273 e. The van der Waals surface area contributed by atoms with E-state index in [2.05, 4.69) is 9.97 Å². The van der Waals surface area contributed by atoms with Gasteiger partial charge in [0.1, 0.15) is 21.6 Å². The van der Waals surface area contributed by atoms with Crippen LogP contribution in [-0.2, 0) is 0 Å². The van der Waals surface area contributed by atoms with E-state index < -0.39 is 6.43 Å². The molecule has 3 aromatic heterocycles. The van der Waals surface area contributed by atoms with Gasteiger partial charge in [-0.1, -0.05) is 23.2 Å². The first kappa shape index (κ1) is 13.3. The van der Waals surface area contributed by atoms with E-state index in [1.807, 2.05) is 0 Å². The molecule has 3 heterocycles. The van der Waals surface area contributed by atoms with E-state index in [1.54, 1.807) is 22.6 Å². The Morgan fingerprint density at radius 2 is 1.85 bits per heavy atom. The van der Waals surface area contributed by atoms with Crippen molar-refractivity contribution in [3.8, 4) is 11.1 Å². The minimum Gasteiger partial charge on any atom is -0.273 e. The summed E-state index contributed by atoms with van der Waals surface area (Å²) in [5, 5.41) is 0.754. The fourth-order valence-corrected chi connectivity index (χ4v) is 2.48. The highest BCUT2D eigenvalue weighted by Gasteiger charge is 2.14. The van der Waals surface area contributed by atoms with Crippen molar-refractivity contribution in [3.63, 3.8) is 0 Å². The second-order valence-electron chi connectivity index (χ2n) is 4.08. The van der Waals surface area contributed by atoms with Crippen molar-refractivity contribution < 1.29 is 8.78 Å².